The summed E-state index contributed by atoms with van der Waals surface area (Å²) in [5, 5.41) is 0.453. The van der Waals surface area contributed by atoms with Gasteiger partial charge in [-0.1, -0.05) is 11.6 Å². The lowest BCUT2D eigenvalue weighted by Crippen LogP contribution is -1.98. The fourth-order valence-corrected chi connectivity index (χ4v) is 1.64. The van der Waals surface area contributed by atoms with Crippen LogP contribution < -0.4 is 15.2 Å². The molecule has 1 heterocycles. The summed E-state index contributed by atoms with van der Waals surface area (Å²) in [7, 11) is 1.59. The van der Waals surface area contributed by atoms with Gasteiger partial charge in [0, 0.05) is 18.8 Å². The van der Waals surface area contributed by atoms with E-state index in [2.05, 4.69) is 4.98 Å². The van der Waals surface area contributed by atoms with E-state index in [-0.39, 0.29) is 0 Å². The van der Waals surface area contributed by atoms with Crippen molar-refractivity contribution in [1.29, 1.82) is 0 Å². The van der Waals surface area contributed by atoms with E-state index in [9.17, 15) is 0 Å². The van der Waals surface area contributed by atoms with Gasteiger partial charge in [-0.3, -0.25) is 0 Å². The smallest absolute Gasteiger partial charge is 0.238 e. The number of pyridine rings is 1. The van der Waals surface area contributed by atoms with Crippen molar-refractivity contribution in [2.75, 3.05) is 7.11 Å². The van der Waals surface area contributed by atoms with Gasteiger partial charge in [-0.05, 0) is 29.8 Å². The molecule has 0 saturated carbocycles. The van der Waals surface area contributed by atoms with Gasteiger partial charge in [0.15, 0.2) is 0 Å². The number of benzene rings is 1. The monoisotopic (exact) mass is 264 g/mol. The number of nitrogens with two attached hydrogens (primary N) is 1. The van der Waals surface area contributed by atoms with Gasteiger partial charge in [0.2, 0.25) is 5.88 Å². The number of nitrogens with zero attached hydrogens (tertiary/aromatic N) is 1. The van der Waals surface area contributed by atoms with Crippen molar-refractivity contribution in [3.8, 4) is 17.4 Å². The summed E-state index contributed by atoms with van der Waals surface area (Å²) < 4.78 is 10.8. The highest BCUT2D eigenvalue weighted by Gasteiger charge is 2.06. The first-order chi connectivity index (χ1) is 8.72. The summed E-state index contributed by atoms with van der Waals surface area (Å²) in [5.41, 5.74) is 6.53. The van der Waals surface area contributed by atoms with Crippen molar-refractivity contribution in [2.24, 2.45) is 5.73 Å². The third-order valence-corrected chi connectivity index (χ3v) is 2.64. The van der Waals surface area contributed by atoms with Crippen molar-refractivity contribution < 1.29 is 9.47 Å². The summed E-state index contributed by atoms with van der Waals surface area (Å²) in [6.07, 6.45) is 1.62. The Morgan fingerprint density at radius 1 is 1.28 bits per heavy atom. The predicted octanol–water partition coefficient (Wildman–Crippen LogP) is 2.99. The first-order valence-electron chi connectivity index (χ1n) is 5.39. The Bertz CT molecular complexity index is 524. The molecule has 2 rings (SSSR count). The lowest BCUT2D eigenvalue weighted by molar-refractivity contribution is 0.406. The van der Waals surface area contributed by atoms with E-state index in [0.717, 1.165) is 5.56 Å². The zero-order valence-corrected chi connectivity index (χ0v) is 10.6. The van der Waals surface area contributed by atoms with Crippen LogP contribution in [0.1, 0.15) is 5.56 Å². The molecule has 0 saturated heterocycles. The van der Waals surface area contributed by atoms with Gasteiger partial charge in [-0.15, -0.1) is 0 Å². The predicted molar refractivity (Wildman–Crippen MR) is 70.2 cm³/mol. The number of rotatable bonds is 4. The summed E-state index contributed by atoms with van der Waals surface area (Å²) in [4.78, 5) is 4.06. The zero-order valence-electron chi connectivity index (χ0n) is 9.89. The lowest BCUT2D eigenvalue weighted by Gasteiger charge is -2.09. The van der Waals surface area contributed by atoms with Gasteiger partial charge < -0.3 is 15.2 Å². The van der Waals surface area contributed by atoms with Gasteiger partial charge in [0.1, 0.15) is 16.5 Å². The molecule has 1 aromatic carbocycles. The van der Waals surface area contributed by atoms with Gasteiger partial charge in [-0.2, -0.15) is 0 Å². The van der Waals surface area contributed by atoms with Crippen LogP contribution >= 0.6 is 11.6 Å². The number of halogens is 1. The third kappa shape index (κ3) is 2.91. The molecule has 0 atom stereocenters. The van der Waals surface area contributed by atoms with Gasteiger partial charge in [0.05, 0.1) is 7.11 Å². The Labute approximate surface area is 110 Å². The summed E-state index contributed by atoms with van der Waals surface area (Å²) in [5.74, 6) is 1.63. The molecule has 4 nitrogen and oxygen atoms in total. The molecular formula is C13H13ClN2O2. The maximum atomic E-state index is 5.98. The highest BCUT2D eigenvalue weighted by atomic mass is 35.5. The van der Waals surface area contributed by atoms with Gasteiger partial charge in [0.25, 0.3) is 0 Å². The Hall–Kier alpha value is -1.78. The van der Waals surface area contributed by atoms with Crippen molar-refractivity contribution in [3.05, 3.63) is 47.1 Å². The summed E-state index contributed by atoms with van der Waals surface area (Å²) >= 11 is 5.98. The number of methoxy groups -OCH3 is 1. The molecule has 94 valence electrons. The van der Waals surface area contributed by atoms with Crippen LogP contribution in [0, 0.1) is 0 Å². The molecule has 0 spiro atoms. The molecular weight excluding hydrogens is 252 g/mol. The standard InChI is InChI=1S/C13H13ClN2O2/c1-17-10-5-9(8-15)6-11(7-10)18-13-12(14)3-2-4-16-13/h2-7H,8,15H2,1H3. The second kappa shape index (κ2) is 5.71. The molecule has 0 bridgehead atoms. The maximum Gasteiger partial charge on any atom is 0.238 e. The Balaban J connectivity index is 2.31. The van der Waals surface area contributed by atoms with Crippen LogP contribution in [0.5, 0.6) is 17.4 Å². The molecule has 0 aliphatic carbocycles. The molecule has 18 heavy (non-hydrogen) atoms. The van der Waals surface area contributed by atoms with Crippen molar-refractivity contribution >= 4 is 11.6 Å². The van der Waals surface area contributed by atoms with Crippen molar-refractivity contribution in [2.45, 2.75) is 6.54 Å². The fraction of sp³-hybridized carbons (Fsp3) is 0.154. The summed E-state index contributed by atoms with van der Waals surface area (Å²) in [6.45, 7) is 0.406. The van der Waals surface area contributed by atoms with Crippen LogP contribution in [-0.2, 0) is 6.54 Å². The van der Waals surface area contributed by atoms with E-state index in [1.165, 1.54) is 0 Å². The second-order valence-corrected chi connectivity index (χ2v) is 4.02. The highest BCUT2D eigenvalue weighted by Crippen LogP contribution is 2.29. The first-order valence-corrected chi connectivity index (χ1v) is 5.77. The van der Waals surface area contributed by atoms with E-state index in [4.69, 9.17) is 26.8 Å². The van der Waals surface area contributed by atoms with Gasteiger partial charge in [-0.25, -0.2) is 4.98 Å². The molecule has 0 aliphatic rings. The minimum atomic E-state index is 0.357. The fourth-order valence-electron chi connectivity index (χ4n) is 1.48. The molecule has 0 fully saturated rings. The second-order valence-electron chi connectivity index (χ2n) is 3.61. The van der Waals surface area contributed by atoms with E-state index in [0.29, 0.717) is 28.9 Å². The van der Waals surface area contributed by atoms with Crippen molar-refractivity contribution in [3.63, 3.8) is 0 Å². The number of ether oxygens (including phenoxy) is 2. The average molecular weight is 265 g/mol. The highest BCUT2D eigenvalue weighted by molar-refractivity contribution is 6.31. The van der Waals surface area contributed by atoms with Crippen molar-refractivity contribution in [1.82, 2.24) is 4.98 Å². The van der Waals surface area contributed by atoms with Gasteiger partial charge >= 0.3 is 0 Å². The van der Waals surface area contributed by atoms with E-state index in [1.54, 1.807) is 31.5 Å². The van der Waals surface area contributed by atoms with Crippen LogP contribution in [0.4, 0.5) is 0 Å². The minimum absolute atomic E-state index is 0.357. The van der Waals surface area contributed by atoms with Crippen LogP contribution in [0.15, 0.2) is 36.5 Å². The largest absolute Gasteiger partial charge is 0.497 e. The Morgan fingerprint density at radius 2 is 2.06 bits per heavy atom. The first kappa shape index (κ1) is 12.7. The normalized spacial score (nSPS) is 10.2. The lowest BCUT2D eigenvalue weighted by atomic mass is 10.2. The van der Waals surface area contributed by atoms with Crippen LogP contribution in [0.25, 0.3) is 0 Å². The zero-order chi connectivity index (χ0) is 13.0. The molecule has 0 unspecified atom stereocenters. The van der Waals surface area contributed by atoms with E-state index in [1.807, 2.05) is 12.1 Å². The Kier molecular flexibility index (Phi) is 4.02. The SMILES string of the molecule is COc1cc(CN)cc(Oc2ncccc2Cl)c1. The Morgan fingerprint density at radius 3 is 2.72 bits per heavy atom. The molecule has 0 amide bonds. The number of hydrogen-bond donors (Lipinski definition) is 1. The molecule has 2 N–H and O–H groups in total. The number of aromatic nitrogens is 1. The number of hydrogen-bond acceptors (Lipinski definition) is 4. The molecule has 2 aromatic rings. The van der Waals surface area contributed by atoms with Crippen LogP contribution in [0.2, 0.25) is 5.02 Å². The molecule has 0 aliphatic heterocycles. The minimum Gasteiger partial charge on any atom is -0.497 e. The molecule has 0 radical (unpaired) electrons. The van der Waals surface area contributed by atoms with Crippen LogP contribution in [0.3, 0.4) is 0 Å². The maximum absolute atomic E-state index is 5.98. The third-order valence-electron chi connectivity index (χ3n) is 2.35. The van der Waals surface area contributed by atoms with E-state index < -0.39 is 0 Å². The summed E-state index contributed by atoms with van der Waals surface area (Å²) in [6, 6.07) is 8.89. The van der Waals surface area contributed by atoms with Crippen LogP contribution in [-0.4, -0.2) is 12.1 Å². The quantitative estimate of drug-likeness (QED) is 0.922. The van der Waals surface area contributed by atoms with E-state index >= 15 is 0 Å². The molecule has 1 aromatic heterocycles. The average Bonchev–Trinajstić information content (AvgIpc) is 2.41. The molecule has 5 heteroatoms. The topological polar surface area (TPSA) is 57.4 Å².